The molecule has 9 nitrogen and oxygen atoms in total. The van der Waals surface area contributed by atoms with E-state index in [1.165, 1.54) is 6.07 Å². The van der Waals surface area contributed by atoms with Crippen molar-refractivity contribution in [3.63, 3.8) is 0 Å². The van der Waals surface area contributed by atoms with Gasteiger partial charge in [0.2, 0.25) is 10.0 Å². The molecule has 0 bridgehead atoms. The Morgan fingerprint density at radius 2 is 1.86 bits per heavy atom. The van der Waals surface area contributed by atoms with Crippen molar-refractivity contribution in [2.24, 2.45) is 0 Å². The monoisotopic (exact) mass is 529 g/mol. The molecule has 0 radical (unpaired) electrons. The predicted molar refractivity (Wildman–Crippen MR) is 116 cm³/mol. The lowest BCUT2D eigenvalue weighted by Gasteiger charge is -2.18. The molecule has 0 saturated heterocycles. The zero-order valence-electron chi connectivity index (χ0n) is 18.5. The maximum absolute atomic E-state index is 15.0. The largest absolute Gasteiger partial charge is 0.334 e. The van der Waals surface area contributed by atoms with Crippen LogP contribution >= 0.6 is 0 Å². The Hall–Kier alpha value is -3.59. The van der Waals surface area contributed by atoms with Crippen molar-refractivity contribution >= 4 is 21.1 Å². The first kappa shape index (κ1) is 24.1. The summed E-state index contributed by atoms with van der Waals surface area (Å²) in [6.45, 7) is 1.03. The standard InChI is InChI=1S/C21H16F5N5O4S/c1-3-10-6-11(16-12(23)4-9(22)5-13(16)24)17-18(28-35-19(17)27-10)31-8-15-21(25,26)14(29-36(2,33)34)7-30(15)20(31)32/h4-6,8,14,29H,3,7H2,1-2H3/t14-/m1/s1. The molecule has 15 heteroatoms. The van der Waals surface area contributed by atoms with Gasteiger partial charge in [0.15, 0.2) is 5.82 Å². The van der Waals surface area contributed by atoms with E-state index in [2.05, 4.69) is 10.1 Å². The number of alkyl halides is 2. The van der Waals surface area contributed by atoms with Crippen molar-refractivity contribution in [3.05, 3.63) is 63.7 Å². The second-order valence-electron chi connectivity index (χ2n) is 8.29. The number of aryl methyl sites for hydroxylation is 1. The second-order valence-corrected chi connectivity index (χ2v) is 10.1. The van der Waals surface area contributed by atoms with E-state index >= 15 is 0 Å². The number of pyridine rings is 1. The molecule has 0 amide bonds. The normalized spacial score (nSPS) is 17.1. The average Bonchev–Trinajstić information content (AvgIpc) is 3.39. The zero-order chi connectivity index (χ0) is 26.2. The molecule has 3 aromatic heterocycles. The highest BCUT2D eigenvalue weighted by Crippen LogP contribution is 2.40. The van der Waals surface area contributed by atoms with Crippen LogP contribution in [0.2, 0.25) is 0 Å². The molecule has 0 spiro atoms. The van der Waals surface area contributed by atoms with Gasteiger partial charge in [0.05, 0.1) is 23.8 Å². The van der Waals surface area contributed by atoms with Crippen LogP contribution in [-0.4, -0.2) is 40.0 Å². The molecule has 0 saturated carbocycles. The number of sulfonamides is 1. The van der Waals surface area contributed by atoms with Crippen molar-refractivity contribution in [1.82, 2.24) is 24.0 Å². The summed E-state index contributed by atoms with van der Waals surface area (Å²) >= 11 is 0. The number of rotatable bonds is 5. The van der Waals surface area contributed by atoms with Crippen molar-refractivity contribution in [1.29, 1.82) is 0 Å². The summed E-state index contributed by atoms with van der Waals surface area (Å²) in [4.78, 5) is 17.2. The molecular formula is C21H16F5N5O4S. The quantitative estimate of drug-likeness (QED) is 0.398. The van der Waals surface area contributed by atoms with Crippen molar-refractivity contribution in [2.75, 3.05) is 6.26 Å². The smallest absolute Gasteiger partial charge is 0.334 e. The lowest BCUT2D eigenvalue weighted by Crippen LogP contribution is -2.44. The van der Waals surface area contributed by atoms with Crippen molar-refractivity contribution in [2.45, 2.75) is 31.9 Å². The SMILES string of the molecule is CCc1cc(-c2c(F)cc(F)cc2F)c2c(-n3cc4n(c3=O)C[C@@H](NS(C)(=O)=O)C4(F)F)noc2n1. The van der Waals surface area contributed by atoms with Gasteiger partial charge in [-0.05, 0) is 12.5 Å². The highest BCUT2D eigenvalue weighted by molar-refractivity contribution is 7.88. The number of nitrogens with zero attached hydrogens (tertiary/aromatic N) is 4. The Labute approximate surface area is 199 Å². The Morgan fingerprint density at radius 3 is 2.44 bits per heavy atom. The summed E-state index contributed by atoms with van der Waals surface area (Å²) in [7, 11) is -4.01. The molecule has 5 rings (SSSR count). The number of hydrogen-bond donors (Lipinski definition) is 1. The first-order valence-electron chi connectivity index (χ1n) is 10.4. The van der Waals surface area contributed by atoms with Crippen LogP contribution in [0.15, 0.2) is 33.7 Å². The summed E-state index contributed by atoms with van der Waals surface area (Å²) in [5.41, 5.74) is -2.55. The molecule has 0 aliphatic carbocycles. The van der Waals surface area contributed by atoms with E-state index < -0.39 is 62.9 Å². The molecule has 1 atom stereocenters. The summed E-state index contributed by atoms with van der Waals surface area (Å²) in [5, 5.41) is 3.57. The zero-order valence-corrected chi connectivity index (χ0v) is 19.3. The lowest BCUT2D eigenvalue weighted by molar-refractivity contribution is -0.0248. The Morgan fingerprint density at radius 1 is 1.19 bits per heavy atom. The van der Waals surface area contributed by atoms with E-state index in [0.29, 0.717) is 39.6 Å². The highest BCUT2D eigenvalue weighted by atomic mass is 32.2. The minimum Gasteiger partial charge on any atom is -0.334 e. The summed E-state index contributed by atoms with van der Waals surface area (Å²) in [6.07, 6.45) is 1.77. The van der Waals surface area contributed by atoms with E-state index in [-0.39, 0.29) is 22.5 Å². The van der Waals surface area contributed by atoms with Crippen LogP contribution in [0.25, 0.3) is 28.0 Å². The number of nitrogens with one attached hydrogen (secondary N) is 1. The van der Waals surface area contributed by atoms with Crippen molar-refractivity contribution in [3.8, 4) is 16.9 Å². The molecule has 0 fully saturated rings. The van der Waals surface area contributed by atoms with E-state index in [4.69, 9.17) is 4.52 Å². The molecule has 1 aromatic carbocycles. The molecule has 4 heterocycles. The van der Waals surface area contributed by atoms with Crippen LogP contribution in [0, 0.1) is 17.5 Å². The van der Waals surface area contributed by atoms with Gasteiger partial charge in [0.1, 0.15) is 29.2 Å². The molecule has 1 N–H and O–H groups in total. The van der Waals surface area contributed by atoms with Gasteiger partial charge in [0, 0.05) is 29.6 Å². The molecule has 0 unspecified atom stereocenters. The minimum absolute atomic E-state index is 0.169. The van der Waals surface area contributed by atoms with E-state index in [1.54, 1.807) is 6.92 Å². The third kappa shape index (κ3) is 3.69. The van der Waals surface area contributed by atoms with E-state index in [0.717, 1.165) is 6.20 Å². The lowest BCUT2D eigenvalue weighted by atomic mass is 10.0. The van der Waals surface area contributed by atoms with Gasteiger partial charge < -0.3 is 4.52 Å². The Kier molecular flexibility index (Phi) is 5.33. The van der Waals surface area contributed by atoms with Gasteiger partial charge in [-0.3, -0.25) is 4.57 Å². The number of fused-ring (bicyclic) bond motifs is 2. The third-order valence-electron chi connectivity index (χ3n) is 5.83. The molecular weight excluding hydrogens is 513 g/mol. The van der Waals surface area contributed by atoms with Gasteiger partial charge in [-0.2, -0.15) is 8.78 Å². The Balaban J connectivity index is 1.74. The molecule has 4 aromatic rings. The van der Waals surface area contributed by atoms with Crippen LogP contribution in [0.4, 0.5) is 22.0 Å². The first-order valence-corrected chi connectivity index (χ1v) is 12.3. The molecule has 190 valence electrons. The van der Waals surface area contributed by atoms with Crippen molar-refractivity contribution < 1.29 is 34.9 Å². The fourth-order valence-electron chi connectivity index (χ4n) is 4.25. The number of hydrogen-bond acceptors (Lipinski definition) is 6. The van der Waals surface area contributed by atoms with Gasteiger partial charge >= 0.3 is 11.6 Å². The fraction of sp³-hybridized carbons (Fsp3) is 0.286. The molecule has 36 heavy (non-hydrogen) atoms. The predicted octanol–water partition coefficient (Wildman–Crippen LogP) is 2.85. The van der Waals surface area contributed by atoms with Crippen LogP contribution in [0.1, 0.15) is 18.3 Å². The number of aromatic nitrogens is 4. The Bertz CT molecular complexity index is 1690. The van der Waals surface area contributed by atoms with Gasteiger partial charge in [0.25, 0.3) is 5.71 Å². The number of imidazole rings is 1. The minimum atomic E-state index is -4.01. The second kappa shape index (κ2) is 7.96. The summed E-state index contributed by atoms with van der Waals surface area (Å²) in [5.74, 6) is -7.80. The number of halogens is 5. The molecule has 1 aliphatic heterocycles. The first-order chi connectivity index (χ1) is 16.8. The maximum atomic E-state index is 15.0. The van der Waals surface area contributed by atoms with Gasteiger partial charge in [-0.25, -0.2) is 40.7 Å². The topological polar surface area (TPSA) is 112 Å². The fourth-order valence-corrected chi connectivity index (χ4v) is 4.99. The maximum Gasteiger partial charge on any atom is 0.334 e. The third-order valence-corrected chi connectivity index (χ3v) is 6.54. The summed E-state index contributed by atoms with van der Waals surface area (Å²) in [6, 6.07) is 0.346. The van der Waals surface area contributed by atoms with Crippen LogP contribution in [0.5, 0.6) is 0 Å². The van der Waals surface area contributed by atoms with Crippen LogP contribution in [0.3, 0.4) is 0 Å². The van der Waals surface area contributed by atoms with Crippen LogP contribution < -0.4 is 10.4 Å². The van der Waals surface area contributed by atoms with Gasteiger partial charge in [-0.1, -0.05) is 12.1 Å². The average molecular weight is 529 g/mol. The van der Waals surface area contributed by atoms with E-state index in [9.17, 15) is 35.2 Å². The van der Waals surface area contributed by atoms with E-state index in [1.807, 2.05) is 4.72 Å². The summed E-state index contributed by atoms with van der Waals surface area (Å²) < 4.78 is 104. The van der Waals surface area contributed by atoms with Crippen LogP contribution in [-0.2, 0) is 28.9 Å². The number of benzene rings is 1. The molecule has 1 aliphatic rings. The highest BCUT2D eigenvalue weighted by Gasteiger charge is 2.52. The van der Waals surface area contributed by atoms with Gasteiger partial charge in [-0.15, -0.1) is 0 Å².